The van der Waals surface area contributed by atoms with Crippen LogP contribution in [0.2, 0.25) is 0 Å². The first kappa shape index (κ1) is 20.2. The third-order valence-corrected chi connectivity index (χ3v) is 5.68. The Morgan fingerprint density at radius 2 is 1.76 bits per heavy atom. The van der Waals surface area contributed by atoms with Crippen LogP contribution >= 0.6 is 0 Å². The second kappa shape index (κ2) is 8.99. The number of nitrogens with zero attached hydrogens (tertiary/aromatic N) is 1. The summed E-state index contributed by atoms with van der Waals surface area (Å²) in [6, 6.07) is 0.314. The van der Waals surface area contributed by atoms with Gasteiger partial charge in [-0.2, -0.15) is 0 Å². The number of hydrogen-bond donors (Lipinski definition) is 3. The van der Waals surface area contributed by atoms with Crippen molar-refractivity contribution in [1.29, 1.82) is 0 Å². The van der Waals surface area contributed by atoms with Crippen LogP contribution < -0.4 is 10.6 Å². The van der Waals surface area contributed by atoms with Gasteiger partial charge in [0.15, 0.2) is 0 Å². The molecule has 1 aliphatic heterocycles. The van der Waals surface area contributed by atoms with Gasteiger partial charge in [-0.1, -0.05) is 12.8 Å². The van der Waals surface area contributed by atoms with E-state index < -0.39 is 5.60 Å². The van der Waals surface area contributed by atoms with Crippen molar-refractivity contribution in [1.82, 2.24) is 15.5 Å². The van der Waals surface area contributed by atoms with Gasteiger partial charge in [0, 0.05) is 44.1 Å². The third-order valence-electron chi connectivity index (χ3n) is 5.68. The number of piperidine rings is 1. The monoisotopic (exact) mass is 353 g/mol. The van der Waals surface area contributed by atoms with Crippen molar-refractivity contribution in [3.05, 3.63) is 0 Å². The molecule has 2 aliphatic rings. The van der Waals surface area contributed by atoms with E-state index in [0.29, 0.717) is 25.4 Å². The van der Waals surface area contributed by atoms with E-state index in [2.05, 4.69) is 29.4 Å². The molecule has 0 aromatic rings. The minimum Gasteiger partial charge on any atom is -0.388 e. The maximum atomic E-state index is 12.1. The van der Waals surface area contributed by atoms with Gasteiger partial charge in [-0.15, -0.1) is 0 Å². The molecule has 1 saturated heterocycles. The van der Waals surface area contributed by atoms with Crippen molar-refractivity contribution >= 4 is 11.8 Å². The summed E-state index contributed by atoms with van der Waals surface area (Å²) in [5, 5.41) is 16.4. The number of aliphatic hydroxyl groups is 1. The molecule has 0 spiro atoms. The Balaban J connectivity index is 1.67. The lowest BCUT2D eigenvalue weighted by molar-refractivity contribution is -0.126. The molecule has 6 heteroatoms. The Morgan fingerprint density at radius 1 is 1.16 bits per heavy atom. The fraction of sp³-hybridized carbons (Fsp3) is 0.895. The summed E-state index contributed by atoms with van der Waals surface area (Å²) in [6.45, 7) is 8.19. The highest BCUT2D eigenvalue weighted by molar-refractivity contribution is 5.81. The maximum absolute atomic E-state index is 12.1. The smallest absolute Gasteiger partial charge is 0.223 e. The van der Waals surface area contributed by atoms with E-state index in [9.17, 15) is 14.7 Å². The van der Waals surface area contributed by atoms with Gasteiger partial charge in [0.25, 0.3) is 0 Å². The van der Waals surface area contributed by atoms with Crippen molar-refractivity contribution in [2.75, 3.05) is 19.6 Å². The second-order valence-corrected chi connectivity index (χ2v) is 8.23. The molecule has 25 heavy (non-hydrogen) atoms. The fourth-order valence-electron chi connectivity index (χ4n) is 3.85. The molecule has 1 heterocycles. The number of nitrogens with one attached hydrogen (secondary N) is 2. The molecule has 0 aromatic heterocycles. The zero-order chi connectivity index (χ0) is 18.4. The summed E-state index contributed by atoms with van der Waals surface area (Å²) in [5.74, 6) is 0.0915. The molecule has 144 valence electrons. The summed E-state index contributed by atoms with van der Waals surface area (Å²) < 4.78 is 0. The lowest BCUT2D eigenvalue weighted by Gasteiger charge is -2.40. The van der Waals surface area contributed by atoms with Crippen LogP contribution in [0.25, 0.3) is 0 Å². The largest absolute Gasteiger partial charge is 0.388 e. The Labute approximate surface area is 151 Å². The molecule has 0 unspecified atom stereocenters. The van der Waals surface area contributed by atoms with Crippen LogP contribution in [0.5, 0.6) is 0 Å². The molecule has 0 aromatic carbocycles. The van der Waals surface area contributed by atoms with E-state index in [0.717, 1.165) is 38.8 Å². The molecule has 2 rings (SSSR count). The number of rotatable bonds is 7. The fourth-order valence-corrected chi connectivity index (χ4v) is 3.85. The SMILES string of the molecule is CC(C)N1CCC(O)(CNC(=O)C[C@@H](C)NC(=O)C2CCCC2)CC1. The molecule has 0 bridgehead atoms. The van der Waals surface area contributed by atoms with E-state index in [4.69, 9.17) is 0 Å². The van der Waals surface area contributed by atoms with Crippen molar-refractivity contribution < 1.29 is 14.7 Å². The highest BCUT2D eigenvalue weighted by Crippen LogP contribution is 2.25. The zero-order valence-corrected chi connectivity index (χ0v) is 16.0. The Hall–Kier alpha value is -1.14. The number of carbonyl (C=O) groups excluding carboxylic acids is 2. The first-order valence-corrected chi connectivity index (χ1v) is 9.82. The lowest BCUT2D eigenvalue weighted by atomic mass is 9.90. The van der Waals surface area contributed by atoms with Gasteiger partial charge in [0.05, 0.1) is 5.60 Å². The van der Waals surface area contributed by atoms with E-state index in [1.54, 1.807) is 0 Å². The van der Waals surface area contributed by atoms with Crippen LogP contribution in [0.4, 0.5) is 0 Å². The van der Waals surface area contributed by atoms with Gasteiger partial charge in [-0.3, -0.25) is 9.59 Å². The molecule has 2 amide bonds. The molecular formula is C19H35N3O3. The molecule has 1 aliphatic carbocycles. The molecule has 0 radical (unpaired) electrons. The highest BCUT2D eigenvalue weighted by Gasteiger charge is 2.33. The van der Waals surface area contributed by atoms with Crippen LogP contribution in [-0.4, -0.2) is 59.1 Å². The topological polar surface area (TPSA) is 81.7 Å². The van der Waals surface area contributed by atoms with Crippen LogP contribution in [0.15, 0.2) is 0 Å². The molecule has 6 nitrogen and oxygen atoms in total. The van der Waals surface area contributed by atoms with E-state index in [1.807, 2.05) is 6.92 Å². The van der Waals surface area contributed by atoms with Crippen LogP contribution in [0.1, 0.15) is 65.7 Å². The van der Waals surface area contributed by atoms with Crippen molar-refractivity contribution in [2.24, 2.45) is 5.92 Å². The highest BCUT2D eigenvalue weighted by atomic mass is 16.3. The predicted molar refractivity (Wildman–Crippen MR) is 98.1 cm³/mol. The van der Waals surface area contributed by atoms with E-state index >= 15 is 0 Å². The Bertz CT molecular complexity index is 453. The lowest BCUT2D eigenvalue weighted by Crippen LogP contribution is -2.52. The van der Waals surface area contributed by atoms with Gasteiger partial charge in [-0.25, -0.2) is 0 Å². The standard InChI is InChI=1S/C19H35N3O3/c1-14(2)22-10-8-19(25,9-11-22)13-20-17(23)12-15(3)21-18(24)16-6-4-5-7-16/h14-16,25H,4-13H2,1-3H3,(H,20,23)(H,21,24)/t15-/m1/s1. The van der Waals surface area contributed by atoms with Crippen LogP contribution in [-0.2, 0) is 9.59 Å². The average Bonchev–Trinajstić information content (AvgIpc) is 3.08. The predicted octanol–water partition coefficient (Wildman–Crippen LogP) is 1.42. The summed E-state index contributed by atoms with van der Waals surface area (Å²) in [5.41, 5.74) is -0.808. The number of hydrogen-bond acceptors (Lipinski definition) is 4. The van der Waals surface area contributed by atoms with Gasteiger partial charge < -0.3 is 20.6 Å². The molecule has 1 atom stereocenters. The van der Waals surface area contributed by atoms with Gasteiger partial charge >= 0.3 is 0 Å². The summed E-state index contributed by atoms with van der Waals surface area (Å²) >= 11 is 0. The van der Waals surface area contributed by atoms with Gasteiger partial charge in [-0.05, 0) is 46.5 Å². The van der Waals surface area contributed by atoms with E-state index in [-0.39, 0.29) is 30.2 Å². The van der Waals surface area contributed by atoms with Gasteiger partial charge in [0.1, 0.15) is 0 Å². The average molecular weight is 354 g/mol. The maximum Gasteiger partial charge on any atom is 0.223 e. The summed E-state index contributed by atoms with van der Waals surface area (Å²) in [4.78, 5) is 26.6. The number of amides is 2. The molecule has 3 N–H and O–H groups in total. The van der Waals surface area contributed by atoms with E-state index in [1.165, 1.54) is 0 Å². The Morgan fingerprint density at radius 3 is 2.32 bits per heavy atom. The van der Waals surface area contributed by atoms with Crippen molar-refractivity contribution in [2.45, 2.75) is 83.4 Å². The summed E-state index contributed by atoms with van der Waals surface area (Å²) in [6.07, 6.45) is 5.79. The zero-order valence-electron chi connectivity index (χ0n) is 16.0. The minimum atomic E-state index is -0.808. The first-order valence-electron chi connectivity index (χ1n) is 9.82. The number of likely N-dealkylation sites (tertiary alicyclic amines) is 1. The number of carbonyl (C=O) groups is 2. The quantitative estimate of drug-likeness (QED) is 0.647. The van der Waals surface area contributed by atoms with Gasteiger partial charge in [0.2, 0.25) is 11.8 Å². The van der Waals surface area contributed by atoms with Crippen LogP contribution in [0.3, 0.4) is 0 Å². The molecular weight excluding hydrogens is 318 g/mol. The summed E-state index contributed by atoms with van der Waals surface area (Å²) in [7, 11) is 0. The molecule has 1 saturated carbocycles. The first-order chi connectivity index (χ1) is 11.8. The third kappa shape index (κ3) is 6.26. The van der Waals surface area contributed by atoms with Crippen molar-refractivity contribution in [3.63, 3.8) is 0 Å². The van der Waals surface area contributed by atoms with Crippen LogP contribution in [0, 0.1) is 5.92 Å². The molecule has 2 fully saturated rings. The minimum absolute atomic E-state index is 0.0810. The Kier molecular flexibility index (Phi) is 7.25. The van der Waals surface area contributed by atoms with Crippen molar-refractivity contribution in [3.8, 4) is 0 Å². The normalized spacial score (nSPS) is 22.8. The second-order valence-electron chi connectivity index (χ2n) is 8.23.